The Kier molecular flexibility index (Phi) is 3.79. The molecule has 2 unspecified atom stereocenters. The van der Waals surface area contributed by atoms with Gasteiger partial charge in [0.05, 0.1) is 6.04 Å². The number of ether oxygens (including phenoxy) is 1. The molecule has 17 heavy (non-hydrogen) atoms. The molecule has 2 rings (SSSR count). The van der Waals surface area contributed by atoms with Crippen molar-refractivity contribution in [3.05, 3.63) is 11.7 Å². The van der Waals surface area contributed by atoms with Gasteiger partial charge in [-0.15, -0.1) is 0 Å². The van der Waals surface area contributed by atoms with E-state index in [2.05, 4.69) is 17.1 Å². The lowest BCUT2D eigenvalue weighted by atomic mass is 9.95. The molecule has 5 nitrogen and oxygen atoms in total. The Morgan fingerprint density at radius 2 is 2.29 bits per heavy atom. The first-order valence-corrected chi connectivity index (χ1v) is 6.39. The van der Waals surface area contributed by atoms with E-state index in [1.807, 2.05) is 6.92 Å². The molecule has 0 saturated carbocycles. The third-order valence-electron chi connectivity index (χ3n) is 3.30. The molecule has 2 atom stereocenters. The normalized spacial score (nSPS) is 27.0. The molecule has 1 fully saturated rings. The summed E-state index contributed by atoms with van der Waals surface area (Å²) in [6.07, 6.45) is 5.05. The Hall–Kier alpha value is -0.940. The molecule has 0 spiro atoms. The molecule has 1 aliphatic heterocycles. The summed E-state index contributed by atoms with van der Waals surface area (Å²) in [5.41, 5.74) is 5.56. The van der Waals surface area contributed by atoms with Crippen LogP contribution in [0.15, 0.2) is 4.52 Å². The van der Waals surface area contributed by atoms with Crippen molar-refractivity contribution in [2.24, 2.45) is 5.73 Å². The predicted molar refractivity (Wildman–Crippen MR) is 63.3 cm³/mol. The van der Waals surface area contributed by atoms with E-state index in [0.29, 0.717) is 11.7 Å². The number of aromatic nitrogens is 2. The van der Waals surface area contributed by atoms with Crippen LogP contribution in [0.1, 0.15) is 63.7 Å². The maximum absolute atomic E-state index is 5.95. The molecule has 2 heterocycles. The summed E-state index contributed by atoms with van der Waals surface area (Å²) >= 11 is 0. The highest BCUT2D eigenvalue weighted by molar-refractivity contribution is 5.02. The lowest BCUT2D eigenvalue weighted by molar-refractivity contribution is -0.0770. The molecule has 0 bridgehead atoms. The Morgan fingerprint density at radius 3 is 2.94 bits per heavy atom. The molecule has 1 aliphatic rings. The summed E-state index contributed by atoms with van der Waals surface area (Å²) in [5, 5.41) is 4.02. The molecular formula is C12H21N3O2. The first kappa shape index (κ1) is 12.5. The summed E-state index contributed by atoms with van der Waals surface area (Å²) in [6.45, 7) is 4.87. The summed E-state index contributed by atoms with van der Waals surface area (Å²) in [5.74, 6) is 1.16. The van der Waals surface area contributed by atoms with Crippen molar-refractivity contribution in [3.63, 3.8) is 0 Å². The van der Waals surface area contributed by atoms with Gasteiger partial charge in [0.2, 0.25) is 11.7 Å². The Morgan fingerprint density at radius 1 is 1.47 bits per heavy atom. The van der Waals surface area contributed by atoms with Gasteiger partial charge in [0.1, 0.15) is 5.60 Å². The number of nitrogens with two attached hydrogens (primary N) is 1. The van der Waals surface area contributed by atoms with Gasteiger partial charge in [-0.3, -0.25) is 0 Å². The second kappa shape index (κ2) is 5.14. The van der Waals surface area contributed by atoms with Crippen LogP contribution in [0, 0.1) is 0 Å². The van der Waals surface area contributed by atoms with Crippen LogP contribution in [-0.4, -0.2) is 16.7 Å². The molecule has 0 aliphatic carbocycles. The van der Waals surface area contributed by atoms with Crippen LogP contribution in [0.2, 0.25) is 0 Å². The average Bonchev–Trinajstić information content (AvgIpc) is 2.80. The smallest absolute Gasteiger partial charge is 0.243 e. The maximum Gasteiger partial charge on any atom is 0.243 e. The largest absolute Gasteiger partial charge is 0.367 e. The third kappa shape index (κ3) is 2.66. The van der Waals surface area contributed by atoms with E-state index in [1.54, 1.807) is 0 Å². The van der Waals surface area contributed by atoms with E-state index in [0.717, 1.165) is 38.7 Å². The number of hydrogen-bond donors (Lipinski definition) is 1. The Bertz CT molecular complexity index is 358. The highest BCUT2D eigenvalue weighted by Gasteiger charge is 2.35. The topological polar surface area (TPSA) is 74.2 Å². The van der Waals surface area contributed by atoms with Crippen LogP contribution in [0.3, 0.4) is 0 Å². The van der Waals surface area contributed by atoms with Crippen molar-refractivity contribution in [1.29, 1.82) is 0 Å². The molecule has 1 aromatic heterocycles. The number of hydrogen-bond acceptors (Lipinski definition) is 5. The van der Waals surface area contributed by atoms with Crippen molar-refractivity contribution >= 4 is 0 Å². The van der Waals surface area contributed by atoms with Gasteiger partial charge < -0.3 is 15.0 Å². The van der Waals surface area contributed by atoms with E-state index in [4.69, 9.17) is 15.0 Å². The SMILES string of the molecule is CCCC(N)c1nc(C2(C)CCCCO2)no1. The van der Waals surface area contributed by atoms with Crippen LogP contribution < -0.4 is 5.73 Å². The summed E-state index contributed by atoms with van der Waals surface area (Å²) in [4.78, 5) is 4.40. The van der Waals surface area contributed by atoms with Crippen LogP contribution in [-0.2, 0) is 10.3 Å². The van der Waals surface area contributed by atoms with Gasteiger partial charge in [0, 0.05) is 6.61 Å². The lowest BCUT2D eigenvalue weighted by Gasteiger charge is -2.30. The molecule has 1 saturated heterocycles. The third-order valence-corrected chi connectivity index (χ3v) is 3.30. The molecule has 0 amide bonds. The minimum Gasteiger partial charge on any atom is -0.367 e. The fourth-order valence-corrected chi connectivity index (χ4v) is 2.15. The second-order valence-electron chi connectivity index (χ2n) is 4.89. The van der Waals surface area contributed by atoms with Crippen LogP contribution in [0.25, 0.3) is 0 Å². The Balaban J connectivity index is 2.11. The fraction of sp³-hybridized carbons (Fsp3) is 0.833. The van der Waals surface area contributed by atoms with Gasteiger partial charge in [0.25, 0.3) is 0 Å². The fourth-order valence-electron chi connectivity index (χ4n) is 2.15. The molecule has 0 radical (unpaired) electrons. The summed E-state index contributed by atoms with van der Waals surface area (Å²) in [6, 6.07) is -0.159. The van der Waals surface area contributed by atoms with Gasteiger partial charge in [0.15, 0.2) is 0 Å². The van der Waals surface area contributed by atoms with Crippen LogP contribution in [0.4, 0.5) is 0 Å². The standard InChI is InChI=1S/C12H21N3O2/c1-3-6-9(13)10-14-11(15-17-10)12(2)7-4-5-8-16-12/h9H,3-8,13H2,1-2H3. The number of nitrogens with zero attached hydrogens (tertiary/aromatic N) is 2. The second-order valence-corrected chi connectivity index (χ2v) is 4.89. The van der Waals surface area contributed by atoms with Gasteiger partial charge in [-0.25, -0.2) is 0 Å². The predicted octanol–water partition coefficient (Wildman–Crippen LogP) is 2.29. The molecular weight excluding hydrogens is 218 g/mol. The lowest BCUT2D eigenvalue weighted by Crippen LogP contribution is -2.31. The average molecular weight is 239 g/mol. The van der Waals surface area contributed by atoms with Crippen LogP contribution >= 0.6 is 0 Å². The Labute approximate surface area is 102 Å². The van der Waals surface area contributed by atoms with Crippen molar-refractivity contribution in [1.82, 2.24) is 10.1 Å². The van der Waals surface area contributed by atoms with E-state index in [9.17, 15) is 0 Å². The zero-order valence-corrected chi connectivity index (χ0v) is 10.6. The zero-order chi connectivity index (χ0) is 12.3. The monoisotopic (exact) mass is 239 g/mol. The summed E-state index contributed by atoms with van der Waals surface area (Å²) in [7, 11) is 0. The highest BCUT2D eigenvalue weighted by Crippen LogP contribution is 2.33. The van der Waals surface area contributed by atoms with Crippen molar-refractivity contribution < 1.29 is 9.26 Å². The summed E-state index contributed by atoms with van der Waals surface area (Å²) < 4.78 is 11.0. The van der Waals surface area contributed by atoms with Crippen LogP contribution in [0.5, 0.6) is 0 Å². The molecule has 0 aromatic carbocycles. The number of rotatable bonds is 4. The first-order valence-electron chi connectivity index (χ1n) is 6.39. The van der Waals surface area contributed by atoms with E-state index in [1.165, 1.54) is 0 Å². The van der Waals surface area contributed by atoms with E-state index < -0.39 is 5.60 Å². The minimum absolute atomic E-state index is 0.159. The van der Waals surface area contributed by atoms with E-state index >= 15 is 0 Å². The quantitative estimate of drug-likeness (QED) is 0.872. The maximum atomic E-state index is 5.95. The first-order chi connectivity index (χ1) is 8.15. The van der Waals surface area contributed by atoms with Crippen molar-refractivity contribution in [2.45, 2.75) is 57.6 Å². The van der Waals surface area contributed by atoms with Gasteiger partial charge in [-0.1, -0.05) is 18.5 Å². The van der Waals surface area contributed by atoms with Gasteiger partial charge in [-0.2, -0.15) is 4.98 Å². The molecule has 2 N–H and O–H groups in total. The highest BCUT2D eigenvalue weighted by atomic mass is 16.5. The van der Waals surface area contributed by atoms with Crippen molar-refractivity contribution in [2.75, 3.05) is 6.61 Å². The van der Waals surface area contributed by atoms with Gasteiger partial charge in [-0.05, 0) is 32.6 Å². The van der Waals surface area contributed by atoms with Crippen molar-refractivity contribution in [3.8, 4) is 0 Å². The molecule has 5 heteroatoms. The molecule has 96 valence electrons. The van der Waals surface area contributed by atoms with Gasteiger partial charge >= 0.3 is 0 Å². The van der Waals surface area contributed by atoms with E-state index in [-0.39, 0.29) is 6.04 Å². The minimum atomic E-state index is -0.397. The zero-order valence-electron chi connectivity index (χ0n) is 10.6. The molecule has 1 aromatic rings.